The number of nitrogens with two attached hydrogens (primary N) is 1. The maximum atomic E-state index is 13.8. The number of hydrogen-bond donors (Lipinski definition) is 1. The molecule has 0 fully saturated rings. The first-order valence-corrected chi connectivity index (χ1v) is 6.80. The van der Waals surface area contributed by atoms with Crippen molar-refractivity contribution in [2.75, 3.05) is 0 Å². The average molecular weight is 367 g/mol. The van der Waals surface area contributed by atoms with Gasteiger partial charge in [0.05, 0.1) is 20.6 Å². The average Bonchev–Trinajstić information content (AvgIpc) is 2.36. The zero-order valence-electron chi connectivity index (χ0n) is 9.43. The summed E-state index contributed by atoms with van der Waals surface area (Å²) in [6.07, 6.45) is 0. The molecule has 0 amide bonds. The summed E-state index contributed by atoms with van der Waals surface area (Å²) in [7, 11) is 0. The highest BCUT2D eigenvalue weighted by atomic mass is 79.9. The highest BCUT2D eigenvalue weighted by Gasteiger charge is 2.19. The number of hydrogen-bond acceptors (Lipinski definition) is 1. The van der Waals surface area contributed by atoms with Gasteiger partial charge in [-0.1, -0.05) is 35.3 Å². The van der Waals surface area contributed by atoms with Crippen LogP contribution in [0.5, 0.6) is 0 Å². The van der Waals surface area contributed by atoms with Crippen LogP contribution in [0, 0.1) is 11.6 Å². The van der Waals surface area contributed by atoms with Crippen molar-refractivity contribution in [3.05, 3.63) is 67.6 Å². The lowest BCUT2D eigenvalue weighted by Gasteiger charge is -2.16. The number of benzene rings is 2. The standard InChI is InChI=1S/C13H8BrCl2F2N/c14-8-5-10(17)7(4-11(8)18)13(19)6-2-1-3-9(15)12(6)16/h1-5,13H,19H2. The van der Waals surface area contributed by atoms with E-state index >= 15 is 0 Å². The van der Waals surface area contributed by atoms with Crippen molar-refractivity contribution in [3.63, 3.8) is 0 Å². The number of rotatable bonds is 2. The molecule has 0 aliphatic carbocycles. The lowest BCUT2D eigenvalue weighted by molar-refractivity contribution is 0.572. The van der Waals surface area contributed by atoms with E-state index in [1.165, 1.54) is 0 Å². The van der Waals surface area contributed by atoms with Crippen LogP contribution in [0.2, 0.25) is 10.0 Å². The molecule has 0 spiro atoms. The van der Waals surface area contributed by atoms with Crippen molar-refractivity contribution < 1.29 is 8.78 Å². The Kier molecular flexibility index (Phi) is 4.46. The minimum absolute atomic E-state index is 0.0184. The van der Waals surface area contributed by atoms with Crippen molar-refractivity contribution in [2.24, 2.45) is 5.73 Å². The summed E-state index contributed by atoms with van der Waals surface area (Å²) in [5.41, 5.74) is 6.40. The van der Waals surface area contributed by atoms with Gasteiger partial charge in [-0.15, -0.1) is 0 Å². The van der Waals surface area contributed by atoms with Gasteiger partial charge in [-0.05, 0) is 39.7 Å². The second kappa shape index (κ2) is 5.75. The van der Waals surface area contributed by atoms with Gasteiger partial charge in [0.1, 0.15) is 11.6 Å². The molecule has 0 aliphatic heterocycles. The summed E-state index contributed by atoms with van der Waals surface area (Å²) >= 11 is 14.8. The SMILES string of the molecule is NC(c1cc(F)c(Br)cc1F)c1cccc(Cl)c1Cl. The monoisotopic (exact) mass is 365 g/mol. The van der Waals surface area contributed by atoms with Crippen LogP contribution in [0.25, 0.3) is 0 Å². The molecule has 1 atom stereocenters. The van der Waals surface area contributed by atoms with Crippen LogP contribution in [0.3, 0.4) is 0 Å². The van der Waals surface area contributed by atoms with Gasteiger partial charge in [0, 0.05) is 5.56 Å². The molecule has 1 nitrogen and oxygen atoms in total. The van der Waals surface area contributed by atoms with Crippen molar-refractivity contribution in [1.82, 2.24) is 0 Å². The quantitative estimate of drug-likeness (QED) is 0.736. The second-order valence-electron chi connectivity index (χ2n) is 3.91. The Morgan fingerprint density at radius 1 is 1.05 bits per heavy atom. The summed E-state index contributed by atoms with van der Waals surface area (Å²) in [5.74, 6) is -1.21. The summed E-state index contributed by atoms with van der Waals surface area (Å²) in [6, 6.07) is 6.05. The summed E-state index contributed by atoms with van der Waals surface area (Å²) < 4.78 is 27.4. The van der Waals surface area contributed by atoms with Gasteiger partial charge >= 0.3 is 0 Å². The predicted molar refractivity (Wildman–Crippen MR) is 76.6 cm³/mol. The molecular weight excluding hydrogens is 359 g/mol. The van der Waals surface area contributed by atoms with E-state index in [0.29, 0.717) is 10.6 Å². The Bertz CT molecular complexity index is 634. The van der Waals surface area contributed by atoms with Gasteiger partial charge in [0.2, 0.25) is 0 Å². The molecule has 19 heavy (non-hydrogen) atoms. The fourth-order valence-corrected chi connectivity index (χ4v) is 2.45. The molecule has 0 aromatic heterocycles. The highest BCUT2D eigenvalue weighted by molar-refractivity contribution is 9.10. The van der Waals surface area contributed by atoms with E-state index in [4.69, 9.17) is 28.9 Å². The fourth-order valence-electron chi connectivity index (χ4n) is 1.70. The van der Waals surface area contributed by atoms with Gasteiger partial charge in [-0.3, -0.25) is 0 Å². The van der Waals surface area contributed by atoms with Crippen LogP contribution in [-0.2, 0) is 0 Å². The van der Waals surface area contributed by atoms with Crippen LogP contribution in [-0.4, -0.2) is 0 Å². The minimum Gasteiger partial charge on any atom is -0.320 e. The van der Waals surface area contributed by atoms with Crippen LogP contribution in [0.1, 0.15) is 17.2 Å². The molecule has 0 aliphatic rings. The molecule has 6 heteroatoms. The van der Waals surface area contributed by atoms with E-state index in [-0.39, 0.29) is 15.1 Å². The normalized spacial score (nSPS) is 12.5. The summed E-state index contributed by atoms with van der Waals surface area (Å²) in [6.45, 7) is 0. The molecule has 2 N–H and O–H groups in total. The summed E-state index contributed by atoms with van der Waals surface area (Å²) in [5, 5.41) is 0.548. The molecule has 0 heterocycles. The molecule has 2 aromatic rings. The third-order valence-electron chi connectivity index (χ3n) is 2.69. The molecule has 1 unspecified atom stereocenters. The van der Waals surface area contributed by atoms with Crippen LogP contribution in [0.4, 0.5) is 8.78 Å². The van der Waals surface area contributed by atoms with Gasteiger partial charge in [-0.25, -0.2) is 8.78 Å². The van der Waals surface area contributed by atoms with Crippen molar-refractivity contribution >= 4 is 39.1 Å². The molecule has 0 saturated carbocycles. The Labute approximate surface area is 127 Å². The second-order valence-corrected chi connectivity index (χ2v) is 5.55. The van der Waals surface area contributed by atoms with E-state index in [1.54, 1.807) is 18.2 Å². The predicted octanol–water partition coefficient (Wildman–Crippen LogP) is 5.08. The Morgan fingerprint density at radius 3 is 2.42 bits per heavy atom. The van der Waals surface area contributed by atoms with Crippen molar-refractivity contribution in [1.29, 1.82) is 0 Å². The molecule has 0 saturated heterocycles. The van der Waals surface area contributed by atoms with E-state index in [0.717, 1.165) is 12.1 Å². The zero-order valence-corrected chi connectivity index (χ0v) is 12.5. The van der Waals surface area contributed by atoms with Gasteiger partial charge < -0.3 is 5.73 Å². The Morgan fingerprint density at radius 2 is 1.74 bits per heavy atom. The molecule has 2 rings (SSSR count). The van der Waals surface area contributed by atoms with Crippen LogP contribution >= 0.6 is 39.1 Å². The molecule has 100 valence electrons. The Balaban J connectivity index is 2.53. The highest BCUT2D eigenvalue weighted by Crippen LogP contribution is 2.33. The van der Waals surface area contributed by atoms with E-state index in [9.17, 15) is 8.78 Å². The largest absolute Gasteiger partial charge is 0.320 e. The van der Waals surface area contributed by atoms with Crippen molar-refractivity contribution in [2.45, 2.75) is 6.04 Å². The lowest BCUT2D eigenvalue weighted by atomic mass is 9.99. The maximum absolute atomic E-state index is 13.8. The maximum Gasteiger partial charge on any atom is 0.137 e. The topological polar surface area (TPSA) is 26.0 Å². The van der Waals surface area contributed by atoms with Crippen LogP contribution in [0.15, 0.2) is 34.8 Å². The first-order valence-electron chi connectivity index (χ1n) is 5.25. The first kappa shape index (κ1) is 14.7. The van der Waals surface area contributed by atoms with Gasteiger partial charge in [0.15, 0.2) is 0 Å². The number of halogens is 5. The van der Waals surface area contributed by atoms with Crippen molar-refractivity contribution in [3.8, 4) is 0 Å². The summed E-state index contributed by atoms with van der Waals surface area (Å²) in [4.78, 5) is 0. The van der Waals surface area contributed by atoms with Crippen LogP contribution < -0.4 is 5.73 Å². The lowest BCUT2D eigenvalue weighted by Crippen LogP contribution is -2.14. The Hall–Kier alpha value is -0.680. The molecular formula is C13H8BrCl2F2N. The smallest absolute Gasteiger partial charge is 0.137 e. The van der Waals surface area contributed by atoms with E-state index in [2.05, 4.69) is 15.9 Å². The first-order chi connectivity index (χ1) is 8.91. The third-order valence-corrected chi connectivity index (χ3v) is 4.13. The molecule has 0 bridgehead atoms. The molecule has 0 radical (unpaired) electrons. The zero-order chi connectivity index (χ0) is 14.2. The fraction of sp³-hybridized carbons (Fsp3) is 0.0769. The van der Waals surface area contributed by atoms with Gasteiger partial charge in [-0.2, -0.15) is 0 Å². The van der Waals surface area contributed by atoms with Gasteiger partial charge in [0.25, 0.3) is 0 Å². The van der Waals surface area contributed by atoms with E-state index < -0.39 is 17.7 Å². The minimum atomic E-state index is -0.895. The molecule has 2 aromatic carbocycles. The third kappa shape index (κ3) is 2.92. The van der Waals surface area contributed by atoms with E-state index in [1.807, 2.05) is 0 Å².